The minimum absolute atomic E-state index is 0.0458. The topological polar surface area (TPSA) is 96.0 Å². The van der Waals surface area contributed by atoms with Crippen molar-refractivity contribution in [3.63, 3.8) is 0 Å². The molecule has 0 aliphatic carbocycles. The van der Waals surface area contributed by atoms with Gasteiger partial charge >= 0.3 is 0 Å². The molecule has 0 saturated carbocycles. The lowest BCUT2D eigenvalue weighted by Crippen LogP contribution is -2.41. The van der Waals surface area contributed by atoms with Crippen molar-refractivity contribution in [2.75, 3.05) is 13.1 Å². The number of para-hydroxylation sites is 1. The van der Waals surface area contributed by atoms with Gasteiger partial charge in [0.15, 0.2) is 10.8 Å². The summed E-state index contributed by atoms with van der Waals surface area (Å²) < 4.78 is 1.01. The van der Waals surface area contributed by atoms with Crippen molar-refractivity contribution in [2.24, 2.45) is 5.92 Å². The Morgan fingerprint density at radius 3 is 2.52 bits per heavy atom. The van der Waals surface area contributed by atoms with Gasteiger partial charge in [-0.15, -0.1) is 11.3 Å². The van der Waals surface area contributed by atoms with Crippen molar-refractivity contribution < 1.29 is 9.59 Å². The van der Waals surface area contributed by atoms with E-state index in [4.69, 9.17) is 0 Å². The highest BCUT2D eigenvalue weighted by Crippen LogP contribution is 2.28. The van der Waals surface area contributed by atoms with E-state index < -0.39 is 0 Å². The number of fused-ring (bicyclic) bond motifs is 2. The van der Waals surface area contributed by atoms with Crippen LogP contribution in [-0.4, -0.2) is 44.9 Å². The maximum atomic E-state index is 12.9. The fraction of sp³-hybridized carbons (Fsp3) is 0.261. The number of amides is 1. The number of Topliss-reactive ketones (excluding diaryl/α,β-unsaturated/α-hetero) is 1. The zero-order chi connectivity index (χ0) is 21.4. The molecule has 0 atom stereocenters. The van der Waals surface area contributed by atoms with Gasteiger partial charge in [0.2, 0.25) is 5.91 Å². The first-order valence-electron chi connectivity index (χ1n) is 10.2. The van der Waals surface area contributed by atoms with E-state index in [2.05, 4.69) is 15.2 Å². The van der Waals surface area contributed by atoms with Crippen LogP contribution in [0, 0.1) is 5.92 Å². The van der Waals surface area contributed by atoms with Crippen molar-refractivity contribution >= 4 is 44.0 Å². The smallest absolute Gasteiger partial charge is 0.272 e. The minimum Gasteiger partial charge on any atom is -0.342 e. The van der Waals surface area contributed by atoms with Crippen molar-refractivity contribution in [1.29, 1.82) is 0 Å². The number of aromatic amines is 1. The Labute approximate surface area is 181 Å². The third-order valence-corrected chi connectivity index (χ3v) is 6.87. The number of benzene rings is 2. The second-order valence-electron chi connectivity index (χ2n) is 7.73. The van der Waals surface area contributed by atoms with E-state index in [1.807, 2.05) is 36.4 Å². The summed E-state index contributed by atoms with van der Waals surface area (Å²) in [5, 5.41) is 8.35. The van der Waals surface area contributed by atoms with Crippen LogP contribution in [0.25, 0.3) is 21.0 Å². The molecule has 2 aromatic carbocycles. The number of H-pyrrole nitrogens is 1. The van der Waals surface area contributed by atoms with Gasteiger partial charge in [-0.05, 0) is 31.0 Å². The molecule has 156 valence electrons. The summed E-state index contributed by atoms with van der Waals surface area (Å²) in [6.45, 7) is 1.06. The molecule has 1 amide bonds. The SMILES string of the molecule is O=C(c1nc2ccccc2s1)C1CCN(C(=O)Cc2n[nH]c(=O)c3ccccc23)CC1. The fourth-order valence-electron chi connectivity index (χ4n) is 4.10. The number of ketones is 1. The third kappa shape index (κ3) is 3.74. The Morgan fingerprint density at radius 2 is 1.74 bits per heavy atom. The lowest BCUT2D eigenvalue weighted by Gasteiger charge is -2.31. The van der Waals surface area contributed by atoms with Gasteiger partial charge in [-0.2, -0.15) is 5.10 Å². The minimum atomic E-state index is -0.263. The molecule has 7 nitrogen and oxygen atoms in total. The Kier molecular flexibility index (Phi) is 5.07. The van der Waals surface area contributed by atoms with Crippen molar-refractivity contribution in [1.82, 2.24) is 20.1 Å². The number of carbonyl (C=O) groups excluding carboxylic acids is 2. The number of carbonyl (C=O) groups is 2. The van der Waals surface area contributed by atoms with Crippen LogP contribution in [0.4, 0.5) is 0 Å². The van der Waals surface area contributed by atoms with Gasteiger partial charge in [0.1, 0.15) is 0 Å². The van der Waals surface area contributed by atoms with Crippen LogP contribution in [0.5, 0.6) is 0 Å². The predicted octanol–water partition coefficient (Wildman–Crippen LogP) is 3.20. The van der Waals surface area contributed by atoms with Gasteiger partial charge in [-0.1, -0.05) is 30.3 Å². The van der Waals surface area contributed by atoms with Crippen molar-refractivity contribution in [3.05, 3.63) is 69.6 Å². The van der Waals surface area contributed by atoms with E-state index in [9.17, 15) is 14.4 Å². The van der Waals surface area contributed by atoms with Crippen LogP contribution < -0.4 is 5.56 Å². The van der Waals surface area contributed by atoms with Gasteiger partial charge in [0, 0.05) is 24.4 Å². The molecule has 0 radical (unpaired) electrons. The van der Waals surface area contributed by atoms with Gasteiger partial charge in [0.25, 0.3) is 5.56 Å². The Bertz CT molecular complexity index is 1320. The molecule has 31 heavy (non-hydrogen) atoms. The molecular weight excluding hydrogens is 412 g/mol. The molecular formula is C23H20N4O3S. The molecule has 1 saturated heterocycles. The number of likely N-dealkylation sites (tertiary alicyclic amines) is 1. The lowest BCUT2D eigenvalue weighted by atomic mass is 9.92. The van der Waals surface area contributed by atoms with Gasteiger partial charge in [-0.3, -0.25) is 14.4 Å². The Hall–Kier alpha value is -3.39. The number of hydrogen-bond donors (Lipinski definition) is 1. The highest BCUT2D eigenvalue weighted by atomic mass is 32.1. The Morgan fingerprint density at radius 1 is 1.03 bits per heavy atom. The quantitative estimate of drug-likeness (QED) is 0.500. The van der Waals surface area contributed by atoms with E-state index in [0.29, 0.717) is 47.4 Å². The summed E-state index contributed by atoms with van der Waals surface area (Å²) in [7, 11) is 0. The largest absolute Gasteiger partial charge is 0.342 e. The maximum Gasteiger partial charge on any atom is 0.272 e. The molecule has 1 aliphatic rings. The van der Waals surface area contributed by atoms with Crippen molar-refractivity contribution in [2.45, 2.75) is 19.3 Å². The molecule has 1 aliphatic heterocycles. The average molecular weight is 433 g/mol. The van der Waals surface area contributed by atoms with Crippen LogP contribution in [-0.2, 0) is 11.2 Å². The summed E-state index contributed by atoms with van der Waals surface area (Å²) in [5.74, 6) is -0.0890. The monoisotopic (exact) mass is 432 g/mol. The molecule has 0 bridgehead atoms. The third-order valence-electron chi connectivity index (χ3n) is 5.82. The number of aromatic nitrogens is 3. The fourth-order valence-corrected chi connectivity index (χ4v) is 5.09. The molecule has 0 unspecified atom stereocenters. The zero-order valence-corrected chi connectivity index (χ0v) is 17.5. The van der Waals surface area contributed by atoms with Gasteiger partial charge in [0.05, 0.1) is 27.7 Å². The van der Waals surface area contributed by atoms with Gasteiger partial charge in [-0.25, -0.2) is 10.1 Å². The van der Waals surface area contributed by atoms with E-state index in [1.165, 1.54) is 11.3 Å². The second kappa shape index (κ2) is 8.03. The van der Waals surface area contributed by atoms with Gasteiger partial charge < -0.3 is 4.90 Å². The molecule has 1 N–H and O–H groups in total. The number of thiazole rings is 1. The number of piperidine rings is 1. The zero-order valence-electron chi connectivity index (χ0n) is 16.7. The first-order chi connectivity index (χ1) is 15.1. The molecule has 2 aromatic heterocycles. The molecule has 5 rings (SSSR count). The predicted molar refractivity (Wildman–Crippen MR) is 119 cm³/mol. The number of rotatable bonds is 4. The first kappa shape index (κ1) is 19.6. The highest BCUT2D eigenvalue weighted by Gasteiger charge is 2.30. The van der Waals surface area contributed by atoms with Crippen LogP contribution in [0.1, 0.15) is 28.3 Å². The van der Waals surface area contributed by atoms with Crippen LogP contribution >= 0.6 is 11.3 Å². The van der Waals surface area contributed by atoms with Crippen LogP contribution in [0.2, 0.25) is 0 Å². The molecule has 3 heterocycles. The second-order valence-corrected chi connectivity index (χ2v) is 8.76. The van der Waals surface area contributed by atoms with Crippen LogP contribution in [0.15, 0.2) is 53.3 Å². The van der Waals surface area contributed by atoms with Crippen LogP contribution in [0.3, 0.4) is 0 Å². The first-order valence-corrected chi connectivity index (χ1v) is 11.1. The summed E-state index contributed by atoms with van der Waals surface area (Å²) in [5.41, 5.74) is 1.15. The molecule has 0 spiro atoms. The summed E-state index contributed by atoms with van der Waals surface area (Å²) >= 11 is 1.43. The van der Waals surface area contributed by atoms with E-state index in [0.717, 1.165) is 10.2 Å². The van der Waals surface area contributed by atoms with E-state index in [1.54, 1.807) is 17.0 Å². The number of hydrogen-bond acceptors (Lipinski definition) is 6. The van der Waals surface area contributed by atoms with Crippen molar-refractivity contribution in [3.8, 4) is 0 Å². The molecule has 1 fully saturated rings. The highest BCUT2D eigenvalue weighted by molar-refractivity contribution is 7.20. The molecule has 4 aromatic rings. The Balaban J connectivity index is 1.25. The van der Waals surface area contributed by atoms with E-state index in [-0.39, 0.29) is 29.6 Å². The average Bonchev–Trinajstić information content (AvgIpc) is 3.25. The summed E-state index contributed by atoms with van der Waals surface area (Å²) in [6, 6.07) is 14.9. The molecule has 8 heteroatoms. The standard InChI is InChI=1S/C23H20N4O3S/c28-20(13-18-15-5-1-2-6-16(15)22(30)26-25-18)27-11-9-14(10-12-27)21(29)23-24-17-7-3-4-8-19(17)31-23/h1-8,14H,9-13H2,(H,26,30). The lowest BCUT2D eigenvalue weighted by molar-refractivity contribution is -0.131. The summed E-state index contributed by atoms with van der Waals surface area (Å²) in [4.78, 5) is 44.0. The number of nitrogens with zero attached hydrogens (tertiary/aromatic N) is 3. The number of nitrogens with one attached hydrogen (secondary N) is 1. The normalized spacial score (nSPS) is 14.9. The van der Waals surface area contributed by atoms with E-state index >= 15 is 0 Å². The summed E-state index contributed by atoms with van der Waals surface area (Å²) in [6.07, 6.45) is 1.37. The maximum absolute atomic E-state index is 12.9.